The molecule has 1 fully saturated rings. The van der Waals surface area contributed by atoms with Gasteiger partial charge in [-0.15, -0.1) is 12.4 Å². The van der Waals surface area contributed by atoms with Gasteiger partial charge in [-0.25, -0.2) is 4.39 Å². The minimum Gasteiger partial charge on any atom is -0.424 e. The van der Waals surface area contributed by atoms with E-state index >= 15 is 0 Å². The summed E-state index contributed by atoms with van der Waals surface area (Å²) in [6.07, 6.45) is 10.8. The maximum atomic E-state index is 13.7. The Balaban J connectivity index is 0.00000261. The number of anilines is 1. The van der Waals surface area contributed by atoms with Crippen LogP contribution in [-0.2, 0) is 6.42 Å². The van der Waals surface area contributed by atoms with Gasteiger partial charge in [-0.3, -0.25) is 0 Å². The highest BCUT2D eigenvalue weighted by atomic mass is 35.5. The number of hydrogen-bond donors (Lipinski definition) is 2. The molecule has 27 heavy (non-hydrogen) atoms. The van der Waals surface area contributed by atoms with E-state index in [1.54, 1.807) is 0 Å². The van der Waals surface area contributed by atoms with Gasteiger partial charge in [0, 0.05) is 13.1 Å². The Hall–Kier alpha value is -1.33. The predicted octanol–water partition coefficient (Wildman–Crippen LogP) is 5.65. The van der Waals surface area contributed by atoms with E-state index in [0.717, 1.165) is 17.5 Å². The van der Waals surface area contributed by atoms with Crippen molar-refractivity contribution >= 4 is 29.5 Å². The van der Waals surface area contributed by atoms with E-state index < -0.39 is 6.17 Å². The Morgan fingerprint density at radius 2 is 1.85 bits per heavy atom. The Morgan fingerprint density at radius 1 is 1.11 bits per heavy atom. The summed E-state index contributed by atoms with van der Waals surface area (Å²) in [5, 5.41) is 6.09. The highest BCUT2D eigenvalue weighted by Gasteiger charge is 2.27. The summed E-state index contributed by atoms with van der Waals surface area (Å²) in [7, 11) is 0. The Bertz CT molecular complexity index is 678. The van der Waals surface area contributed by atoms with Crippen LogP contribution in [0.5, 0.6) is 0 Å². The number of alkyl halides is 1. The minimum absolute atomic E-state index is 0. The summed E-state index contributed by atoms with van der Waals surface area (Å²) in [4.78, 5) is 4.49. The third-order valence-electron chi connectivity index (χ3n) is 5.22. The lowest BCUT2D eigenvalue weighted by molar-refractivity contribution is 0.339. The second kappa shape index (κ2) is 11.5. The normalized spacial score (nSPS) is 19.3. The number of oxazole rings is 1. The number of unbranched alkanes of at least 4 members (excludes halogenated alkanes) is 7. The molecule has 0 amide bonds. The maximum Gasteiger partial charge on any atom is 0.296 e. The van der Waals surface area contributed by atoms with Crippen LogP contribution < -0.4 is 10.6 Å². The molecule has 2 N–H and O–H groups in total. The lowest BCUT2D eigenvalue weighted by Gasteiger charge is -2.11. The fraction of sp³-hybridized carbons (Fsp3) is 0.667. The number of nitrogens with zero attached hydrogens (tertiary/aromatic N) is 1. The van der Waals surface area contributed by atoms with Gasteiger partial charge in [0.05, 0.1) is 6.04 Å². The number of aromatic nitrogens is 1. The molecule has 0 unspecified atom stereocenters. The topological polar surface area (TPSA) is 50.1 Å². The van der Waals surface area contributed by atoms with E-state index in [9.17, 15) is 4.39 Å². The van der Waals surface area contributed by atoms with E-state index in [0.29, 0.717) is 19.1 Å². The van der Waals surface area contributed by atoms with E-state index in [2.05, 4.69) is 34.7 Å². The van der Waals surface area contributed by atoms with Crippen molar-refractivity contribution in [2.24, 2.45) is 0 Å². The van der Waals surface area contributed by atoms with Crippen LogP contribution in [0.25, 0.3) is 11.1 Å². The molecule has 6 heteroatoms. The quantitative estimate of drug-likeness (QED) is 0.480. The predicted molar refractivity (Wildman–Crippen MR) is 113 cm³/mol. The molecular formula is C21H33ClFN3O. The maximum absolute atomic E-state index is 13.7. The number of nitrogens with one attached hydrogen (secondary N) is 2. The van der Waals surface area contributed by atoms with Gasteiger partial charge in [0.25, 0.3) is 6.01 Å². The molecule has 0 bridgehead atoms. The van der Waals surface area contributed by atoms with Gasteiger partial charge in [-0.05, 0) is 30.5 Å². The number of halogens is 2. The van der Waals surface area contributed by atoms with Crippen LogP contribution in [0.15, 0.2) is 22.6 Å². The summed E-state index contributed by atoms with van der Waals surface area (Å²) in [6.45, 7) is 3.25. The standard InChI is InChI=1S/C21H32FN3O.ClH/c1-2-3-4-5-6-7-8-9-10-16-11-12-20-18(13-16)24-21(26-20)25-19-15-23-14-17(19)22;/h11-13,17,19,23H,2-10,14-15H2,1H3,(H,24,25);1H/t17-,19+;/m0./s1. The first kappa shape index (κ1) is 22.0. The van der Waals surface area contributed by atoms with E-state index in [1.807, 2.05) is 6.07 Å². The highest BCUT2D eigenvalue weighted by molar-refractivity contribution is 5.85. The molecule has 152 valence electrons. The molecular weight excluding hydrogens is 365 g/mol. The summed E-state index contributed by atoms with van der Waals surface area (Å²) in [5.74, 6) is 0. The van der Waals surface area contributed by atoms with E-state index in [-0.39, 0.29) is 18.4 Å². The van der Waals surface area contributed by atoms with Crippen molar-refractivity contribution in [3.63, 3.8) is 0 Å². The number of rotatable bonds is 11. The zero-order valence-corrected chi connectivity index (χ0v) is 17.1. The van der Waals surface area contributed by atoms with Crippen LogP contribution in [0.3, 0.4) is 0 Å². The van der Waals surface area contributed by atoms with E-state index in [1.165, 1.54) is 56.9 Å². The molecule has 1 aliphatic heterocycles. The zero-order valence-electron chi connectivity index (χ0n) is 16.3. The fourth-order valence-corrected chi connectivity index (χ4v) is 3.60. The molecule has 0 radical (unpaired) electrons. The molecule has 1 aromatic carbocycles. The Labute approximate surface area is 168 Å². The van der Waals surface area contributed by atoms with Gasteiger partial charge in [0.2, 0.25) is 0 Å². The molecule has 4 nitrogen and oxygen atoms in total. The molecule has 0 saturated carbocycles. The number of hydrogen-bond acceptors (Lipinski definition) is 4. The van der Waals surface area contributed by atoms with Crippen LogP contribution in [0.1, 0.15) is 63.9 Å². The SMILES string of the molecule is CCCCCCCCCCc1ccc2oc(N[C@@H]3CNC[C@@H]3F)nc2c1.Cl. The Kier molecular flexibility index (Phi) is 9.35. The van der Waals surface area contributed by atoms with Crippen LogP contribution in [0, 0.1) is 0 Å². The van der Waals surface area contributed by atoms with Crippen LogP contribution >= 0.6 is 12.4 Å². The highest BCUT2D eigenvalue weighted by Crippen LogP contribution is 2.23. The number of benzene rings is 1. The van der Waals surface area contributed by atoms with Crippen molar-refractivity contribution < 1.29 is 8.81 Å². The molecule has 2 atom stereocenters. The number of aryl methyl sites for hydroxylation is 1. The molecule has 1 aromatic heterocycles. The van der Waals surface area contributed by atoms with Gasteiger partial charge in [-0.1, -0.05) is 57.9 Å². The van der Waals surface area contributed by atoms with E-state index in [4.69, 9.17) is 4.42 Å². The molecule has 1 saturated heterocycles. The monoisotopic (exact) mass is 397 g/mol. The molecule has 3 rings (SSSR count). The molecule has 2 aromatic rings. The first-order valence-corrected chi connectivity index (χ1v) is 10.3. The summed E-state index contributed by atoms with van der Waals surface area (Å²) < 4.78 is 19.4. The molecule has 0 aliphatic carbocycles. The van der Waals surface area contributed by atoms with Crippen LogP contribution in [0.4, 0.5) is 10.4 Å². The van der Waals surface area contributed by atoms with Crippen molar-refractivity contribution in [3.05, 3.63) is 23.8 Å². The van der Waals surface area contributed by atoms with Crippen molar-refractivity contribution in [1.82, 2.24) is 10.3 Å². The van der Waals surface area contributed by atoms with Gasteiger partial charge < -0.3 is 15.1 Å². The lowest BCUT2D eigenvalue weighted by Crippen LogP contribution is -2.29. The average molecular weight is 398 g/mol. The molecule has 1 aliphatic rings. The second-order valence-corrected chi connectivity index (χ2v) is 7.47. The summed E-state index contributed by atoms with van der Waals surface area (Å²) in [5.41, 5.74) is 2.91. The van der Waals surface area contributed by atoms with Gasteiger partial charge in [0.1, 0.15) is 11.7 Å². The molecule has 0 spiro atoms. The third kappa shape index (κ3) is 6.65. The van der Waals surface area contributed by atoms with Gasteiger partial charge in [0.15, 0.2) is 5.58 Å². The zero-order chi connectivity index (χ0) is 18.2. The van der Waals surface area contributed by atoms with Crippen molar-refractivity contribution in [1.29, 1.82) is 0 Å². The summed E-state index contributed by atoms with van der Waals surface area (Å²) in [6, 6.07) is 6.35. The minimum atomic E-state index is -0.900. The fourth-order valence-electron chi connectivity index (χ4n) is 3.60. The second-order valence-electron chi connectivity index (χ2n) is 7.47. The van der Waals surface area contributed by atoms with Gasteiger partial charge >= 0.3 is 0 Å². The number of fused-ring (bicyclic) bond motifs is 1. The average Bonchev–Trinajstić information content (AvgIpc) is 3.23. The third-order valence-corrected chi connectivity index (χ3v) is 5.22. The Morgan fingerprint density at radius 3 is 2.56 bits per heavy atom. The first-order chi connectivity index (χ1) is 12.8. The van der Waals surface area contributed by atoms with Crippen molar-refractivity contribution in [3.8, 4) is 0 Å². The van der Waals surface area contributed by atoms with Crippen molar-refractivity contribution in [2.45, 2.75) is 76.9 Å². The first-order valence-electron chi connectivity index (χ1n) is 10.3. The largest absolute Gasteiger partial charge is 0.424 e. The van der Waals surface area contributed by atoms with Crippen LogP contribution in [-0.4, -0.2) is 30.3 Å². The smallest absolute Gasteiger partial charge is 0.296 e. The lowest BCUT2D eigenvalue weighted by atomic mass is 10.0. The van der Waals surface area contributed by atoms with Crippen LogP contribution in [0.2, 0.25) is 0 Å². The summed E-state index contributed by atoms with van der Waals surface area (Å²) >= 11 is 0. The molecule has 2 heterocycles. The van der Waals surface area contributed by atoms with Crippen molar-refractivity contribution in [2.75, 3.05) is 18.4 Å². The van der Waals surface area contributed by atoms with Gasteiger partial charge in [-0.2, -0.15) is 4.98 Å².